The van der Waals surface area contributed by atoms with Crippen molar-refractivity contribution >= 4 is 24.0 Å². The van der Waals surface area contributed by atoms with Crippen molar-refractivity contribution in [2.75, 3.05) is 24.5 Å². The van der Waals surface area contributed by atoms with Crippen molar-refractivity contribution in [3.63, 3.8) is 0 Å². The fourth-order valence-corrected chi connectivity index (χ4v) is 3.34. The Labute approximate surface area is 161 Å². The van der Waals surface area contributed by atoms with Crippen molar-refractivity contribution in [3.8, 4) is 0 Å². The average molecular weight is 378 g/mol. The molecule has 1 saturated heterocycles. The summed E-state index contributed by atoms with van der Waals surface area (Å²) in [6.07, 6.45) is 4.05. The minimum absolute atomic E-state index is 0. The van der Waals surface area contributed by atoms with Crippen LogP contribution in [0.15, 0.2) is 30.3 Å². The van der Waals surface area contributed by atoms with Crippen LogP contribution in [0.5, 0.6) is 0 Å². The Morgan fingerprint density at radius 3 is 2.62 bits per heavy atom. The Bertz CT molecular complexity index is 697. The molecule has 0 atom stereocenters. The fraction of sp³-hybridized carbons (Fsp3) is 0.526. The van der Waals surface area contributed by atoms with E-state index in [1.807, 2.05) is 46.8 Å². The third-order valence-electron chi connectivity index (χ3n) is 4.83. The van der Waals surface area contributed by atoms with E-state index in [1.165, 1.54) is 0 Å². The van der Waals surface area contributed by atoms with Crippen LogP contribution in [0.25, 0.3) is 0 Å². The quantitative estimate of drug-likeness (QED) is 0.838. The molecule has 1 amide bonds. The van der Waals surface area contributed by atoms with Gasteiger partial charge in [-0.15, -0.1) is 17.5 Å². The maximum atomic E-state index is 13.2. The highest BCUT2D eigenvalue weighted by molar-refractivity contribution is 6.05. The summed E-state index contributed by atoms with van der Waals surface area (Å²) in [5.74, 6) is -0.0580. The summed E-state index contributed by atoms with van der Waals surface area (Å²) in [5, 5.41) is 11.9. The molecule has 7 heteroatoms. The van der Waals surface area contributed by atoms with Gasteiger partial charge < -0.3 is 10.2 Å². The van der Waals surface area contributed by atoms with Crippen LogP contribution in [-0.4, -0.2) is 40.5 Å². The number of piperidine rings is 1. The molecule has 0 unspecified atom stereocenters. The number of hydrogen-bond acceptors (Lipinski definition) is 4. The lowest BCUT2D eigenvalue weighted by Gasteiger charge is -2.24. The Morgan fingerprint density at radius 2 is 1.96 bits per heavy atom. The van der Waals surface area contributed by atoms with E-state index in [9.17, 15) is 4.79 Å². The molecule has 1 aliphatic heterocycles. The second kappa shape index (κ2) is 9.69. The van der Waals surface area contributed by atoms with E-state index in [-0.39, 0.29) is 18.3 Å². The Hall–Kier alpha value is -1.92. The van der Waals surface area contributed by atoms with Gasteiger partial charge in [0.25, 0.3) is 5.91 Å². The van der Waals surface area contributed by atoms with Gasteiger partial charge >= 0.3 is 0 Å². The van der Waals surface area contributed by atoms with Gasteiger partial charge in [0.15, 0.2) is 5.69 Å². The molecule has 1 aromatic heterocycles. The van der Waals surface area contributed by atoms with E-state index in [2.05, 4.69) is 22.6 Å². The van der Waals surface area contributed by atoms with Crippen molar-refractivity contribution < 1.29 is 4.79 Å². The number of hydrogen-bond donors (Lipinski definition) is 1. The number of unbranched alkanes of at least 4 members (excludes halogenated alkanes) is 1. The summed E-state index contributed by atoms with van der Waals surface area (Å²) in [6.45, 7) is 6.75. The normalized spacial score (nSPS) is 14.7. The first-order valence-electron chi connectivity index (χ1n) is 9.21. The summed E-state index contributed by atoms with van der Waals surface area (Å²) >= 11 is 0. The van der Waals surface area contributed by atoms with Gasteiger partial charge in [-0.05, 0) is 51.4 Å². The Morgan fingerprint density at radius 1 is 1.27 bits per heavy atom. The number of aromatic nitrogens is 3. The third kappa shape index (κ3) is 4.43. The van der Waals surface area contributed by atoms with E-state index in [0.717, 1.165) is 50.2 Å². The molecule has 2 heterocycles. The van der Waals surface area contributed by atoms with Crippen LogP contribution < -0.4 is 10.2 Å². The number of anilines is 1. The van der Waals surface area contributed by atoms with E-state index < -0.39 is 0 Å². The number of nitrogens with zero attached hydrogens (tertiary/aromatic N) is 4. The second-order valence-electron chi connectivity index (χ2n) is 6.60. The second-order valence-corrected chi connectivity index (χ2v) is 6.60. The van der Waals surface area contributed by atoms with Gasteiger partial charge in [0.05, 0.1) is 11.7 Å². The number of rotatable bonds is 6. The van der Waals surface area contributed by atoms with Gasteiger partial charge in [0.1, 0.15) is 0 Å². The lowest BCUT2D eigenvalue weighted by atomic mass is 10.1. The van der Waals surface area contributed by atoms with Crippen LogP contribution in [0.4, 0.5) is 5.69 Å². The van der Waals surface area contributed by atoms with Gasteiger partial charge in [-0.2, -0.15) is 0 Å². The zero-order valence-electron chi connectivity index (χ0n) is 15.5. The number of carbonyl (C=O) groups is 1. The van der Waals surface area contributed by atoms with Gasteiger partial charge in [0, 0.05) is 12.2 Å². The number of nitrogens with one attached hydrogen (secondary N) is 1. The van der Waals surface area contributed by atoms with Crippen LogP contribution in [-0.2, 0) is 0 Å². The molecule has 0 bridgehead atoms. The highest BCUT2D eigenvalue weighted by Gasteiger charge is 2.26. The van der Waals surface area contributed by atoms with Crippen LogP contribution in [0, 0.1) is 6.92 Å². The monoisotopic (exact) mass is 377 g/mol. The van der Waals surface area contributed by atoms with Crippen LogP contribution in [0.3, 0.4) is 0 Å². The molecule has 142 valence electrons. The largest absolute Gasteiger partial charge is 0.317 e. The molecular weight excluding hydrogens is 350 g/mol. The maximum absolute atomic E-state index is 13.2. The molecular formula is C19H28ClN5O. The van der Waals surface area contributed by atoms with E-state index >= 15 is 0 Å². The van der Waals surface area contributed by atoms with Gasteiger partial charge in [-0.1, -0.05) is 36.8 Å². The number of halogens is 1. The topological polar surface area (TPSA) is 63.1 Å². The summed E-state index contributed by atoms with van der Waals surface area (Å²) in [5.41, 5.74) is 2.25. The predicted molar refractivity (Wildman–Crippen MR) is 106 cm³/mol. The van der Waals surface area contributed by atoms with Gasteiger partial charge in [-0.25, -0.2) is 4.68 Å². The van der Waals surface area contributed by atoms with Crippen molar-refractivity contribution in [1.29, 1.82) is 0 Å². The molecule has 0 aliphatic carbocycles. The van der Waals surface area contributed by atoms with Crippen LogP contribution in [0.1, 0.15) is 54.8 Å². The smallest absolute Gasteiger partial charge is 0.280 e. The molecule has 1 fully saturated rings. The summed E-state index contributed by atoms with van der Waals surface area (Å²) < 4.78 is 1.94. The summed E-state index contributed by atoms with van der Waals surface area (Å²) in [6, 6.07) is 10.2. The first-order chi connectivity index (χ1) is 12.2. The maximum Gasteiger partial charge on any atom is 0.280 e. The molecule has 3 rings (SSSR count). The molecule has 0 radical (unpaired) electrons. The standard InChI is InChI=1S/C19H27N5O.ClH/c1-3-4-14-23(16-8-6-5-7-9-16)19(25)18-15(2)24(22-21-18)17-10-12-20-13-11-17;/h5-9,17,20H,3-4,10-14H2,1-2H3;1H. The van der Waals surface area contributed by atoms with Crippen molar-refractivity contribution in [2.45, 2.75) is 45.6 Å². The minimum Gasteiger partial charge on any atom is -0.317 e. The zero-order valence-corrected chi connectivity index (χ0v) is 16.3. The molecule has 2 aromatic rings. The zero-order chi connectivity index (χ0) is 17.6. The van der Waals surface area contributed by atoms with Crippen molar-refractivity contribution in [2.24, 2.45) is 0 Å². The van der Waals surface area contributed by atoms with Gasteiger partial charge in [0.2, 0.25) is 0 Å². The van der Waals surface area contributed by atoms with Gasteiger partial charge in [-0.3, -0.25) is 4.79 Å². The predicted octanol–water partition coefficient (Wildman–Crippen LogP) is 3.38. The molecule has 0 saturated carbocycles. The van der Waals surface area contributed by atoms with Crippen LogP contribution in [0.2, 0.25) is 0 Å². The Balaban J connectivity index is 0.00000243. The fourth-order valence-electron chi connectivity index (χ4n) is 3.34. The SMILES string of the molecule is CCCCN(C(=O)c1nnn(C2CCNCC2)c1C)c1ccccc1.Cl. The third-order valence-corrected chi connectivity index (χ3v) is 4.83. The molecule has 6 nitrogen and oxygen atoms in total. The average Bonchev–Trinajstić information content (AvgIpc) is 3.05. The molecule has 1 aromatic carbocycles. The molecule has 26 heavy (non-hydrogen) atoms. The number of para-hydroxylation sites is 1. The first-order valence-corrected chi connectivity index (χ1v) is 9.21. The van der Waals surface area contributed by atoms with Crippen molar-refractivity contribution in [1.82, 2.24) is 20.3 Å². The van der Waals surface area contributed by atoms with Crippen molar-refractivity contribution in [3.05, 3.63) is 41.7 Å². The lowest BCUT2D eigenvalue weighted by molar-refractivity contribution is 0.0981. The minimum atomic E-state index is -0.0580. The highest BCUT2D eigenvalue weighted by atomic mass is 35.5. The molecule has 1 N–H and O–H groups in total. The Kier molecular flexibility index (Phi) is 7.60. The van der Waals surface area contributed by atoms with E-state index in [0.29, 0.717) is 18.3 Å². The summed E-state index contributed by atoms with van der Waals surface area (Å²) in [7, 11) is 0. The number of amides is 1. The first kappa shape index (κ1) is 20.4. The summed E-state index contributed by atoms with van der Waals surface area (Å²) in [4.78, 5) is 15.0. The number of benzene rings is 1. The molecule has 0 spiro atoms. The molecule has 1 aliphatic rings. The van der Waals surface area contributed by atoms with Crippen LogP contribution >= 0.6 is 12.4 Å². The van der Waals surface area contributed by atoms with E-state index in [4.69, 9.17) is 0 Å². The number of carbonyl (C=O) groups excluding carboxylic acids is 1. The van der Waals surface area contributed by atoms with E-state index in [1.54, 1.807) is 0 Å². The highest BCUT2D eigenvalue weighted by Crippen LogP contribution is 2.23. The lowest BCUT2D eigenvalue weighted by Crippen LogP contribution is -2.33.